The first-order valence-corrected chi connectivity index (χ1v) is 3.39. The van der Waals surface area contributed by atoms with Gasteiger partial charge in [-0.1, -0.05) is 0 Å². The molecule has 0 N–H and O–H groups in total. The number of aromatic carboxylic acids is 1. The predicted molar refractivity (Wildman–Crippen MR) is 39.3 cm³/mol. The molecule has 0 saturated heterocycles. The number of carboxylic acid groups (broad SMARTS) is 1. The minimum Gasteiger partial charge on any atom is -0.545 e. The number of hydrogen-bond donors (Lipinski definition) is 0. The SMILES string of the molecule is COCc1cc(C(=O)[O-])ccn1.[Li+]. The fourth-order valence-corrected chi connectivity index (χ4v) is 0.832. The van der Waals surface area contributed by atoms with Gasteiger partial charge in [-0.15, -0.1) is 0 Å². The summed E-state index contributed by atoms with van der Waals surface area (Å²) in [5.41, 5.74) is 0.705. The van der Waals surface area contributed by atoms with Crippen LogP contribution in [-0.2, 0) is 11.3 Å². The molecule has 0 amide bonds. The first-order valence-electron chi connectivity index (χ1n) is 3.39. The summed E-state index contributed by atoms with van der Waals surface area (Å²) in [6, 6.07) is 2.81. The number of hydrogen-bond acceptors (Lipinski definition) is 4. The van der Waals surface area contributed by atoms with E-state index in [0.717, 1.165) is 0 Å². The third kappa shape index (κ3) is 3.60. The molecule has 4 nitrogen and oxygen atoms in total. The molecule has 1 aromatic heterocycles. The Kier molecular flexibility index (Phi) is 5.40. The monoisotopic (exact) mass is 173 g/mol. The molecule has 64 valence electrons. The van der Waals surface area contributed by atoms with Crippen LogP contribution in [0.1, 0.15) is 16.1 Å². The van der Waals surface area contributed by atoms with E-state index in [1.54, 1.807) is 0 Å². The van der Waals surface area contributed by atoms with Gasteiger partial charge in [0.25, 0.3) is 0 Å². The average molecular weight is 173 g/mol. The van der Waals surface area contributed by atoms with Gasteiger partial charge in [-0.25, -0.2) is 0 Å². The standard InChI is InChI=1S/C8H9NO3.Li/c1-12-5-7-4-6(8(10)11)2-3-9-7;/h2-4H,5H2,1H3,(H,10,11);/q;+1/p-1. The van der Waals surface area contributed by atoms with Crippen molar-refractivity contribution < 1.29 is 33.5 Å². The van der Waals surface area contributed by atoms with Crippen LogP contribution < -0.4 is 24.0 Å². The molecule has 1 aromatic rings. The Bertz CT molecular complexity index is 290. The molecule has 0 aliphatic heterocycles. The Morgan fingerprint density at radius 1 is 1.69 bits per heavy atom. The van der Waals surface area contributed by atoms with Crippen molar-refractivity contribution in [2.45, 2.75) is 6.61 Å². The molecule has 5 heteroatoms. The molecule has 0 aromatic carbocycles. The Labute approximate surface area is 88.1 Å². The summed E-state index contributed by atoms with van der Waals surface area (Å²) >= 11 is 0. The van der Waals surface area contributed by atoms with E-state index in [-0.39, 0.29) is 24.4 Å². The van der Waals surface area contributed by atoms with Gasteiger partial charge in [-0.05, 0) is 12.1 Å². The second kappa shape index (κ2) is 5.76. The summed E-state index contributed by atoms with van der Waals surface area (Å²) in [7, 11) is 1.52. The number of rotatable bonds is 3. The van der Waals surface area contributed by atoms with E-state index in [9.17, 15) is 9.90 Å². The van der Waals surface area contributed by atoms with Crippen LogP contribution in [0.2, 0.25) is 0 Å². The fourth-order valence-electron chi connectivity index (χ4n) is 0.832. The normalized spacial score (nSPS) is 9.00. The van der Waals surface area contributed by atoms with Crippen molar-refractivity contribution in [2.75, 3.05) is 7.11 Å². The van der Waals surface area contributed by atoms with Crippen LogP contribution in [0.25, 0.3) is 0 Å². The molecule has 13 heavy (non-hydrogen) atoms. The number of carbonyl (C=O) groups is 1. The minimum atomic E-state index is -1.20. The van der Waals surface area contributed by atoms with Crippen molar-refractivity contribution in [1.82, 2.24) is 4.98 Å². The first-order chi connectivity index (χ1) is 5.74. The predicted octanol–water partition coefficient (Wildman–Crippen LogP) is -3.40. The van der Waals surface area contributed by atoms with Crippen molar-refractivity contribution in [3.05, 3.63) is 29.6 Å². The largest absolute Gasteiger partial charge is 1.00 e. The Balaban J connectivity index is 0.00000144. The van der Waals surface area contributed by atoms with Gasteiger partial charge in [0.1, 0.15) is 0 Å². The van der Waals surface area contributed by atoms with Crippen LogP contribution in [0.5, 0.6) is 0 Å². The van der Waals surface area contributed by atoms with Gasteiger partial charge in [-0.2, -0.15) is 0 Å². The van der Waals surface area contributed by atoms with Gasteiger partial charge in [0, 0.05) is 18.9 Å². The number of carbonyl (C=O) groups excluding carboxylic acids is 1. The molecule has 0 spiro atoms. The van der Waals surface area contributed by atoms with Crippen LogP contribution in [-0.4, -0.2) is 18.1 Å². The smallest absolute Gasteiger partial charge is 0.545 e. The van der Waals surface area contributed by atoms with E-state index < -0.39 is 5.97 Å². The van der Waals surface area contributed by atoms with Crippen molar-refractivity contribution >= 4 is 5.97 Å². The van der Waals surface area contributed by atoms with Crippen LogP contribution in [0, 0.1) is 0 Å². The van der Waals surface area contributed by atoms with E-state index in [1.807, 2.05) is 0 Å². The topological polar surface area (TPSA) is 62.2 Å². The molecule has 0 aliphatic carbocycles. The van der Waals surface area contributed by atoms with Crippen molar-refractivity contribution in [3.8, 4) is 0 Å². The van der Waals surface area contributed by atoms with Gasteiger partial charge in [-0.3, -0.25) is 4.98 Å². The Morgan fingerprint density at radius 3 is 2.92 bits per heavy atom. The molecule has 0 aliphatic rings. The second-order valence-electron chi connectivity index (χ2n) is 2.26. The molecule has 0 fully saturated rings. The fraction of sp³-hybridized carbons (Fsp3) is 0.250. The van der Waals surface area contributed by atoms with Crippen LogP contribution in [0.3, 0.4) is 0 Å². The number of methoxy groups -OCH3 is 1. The molecular formula is C8H8LiNO3. The maximum atomic E-state index is 10.4. The van der Waals surface area contributed by atoms with Gasteiger partial charge in [0.15, 0.2) is 0 Å². The van der Waals surface area contributed by atoms with Gasteiger partial charge in [0.2, 0.25) is 0 Å². The average Bonchev–Trinajstić information content (AvgIpc) is 2.05. The van der Waals surface area contributed by atoms with Gasteiger partial charge >= 0.3 is 18.9 Å². The summed E-state index contributed by atoms with van der Waals surface area (Å²) in [5, 5.41) is 10.4. The minimum absolute atomic E-state index is 0. The summed E-state index contributed by atoms with van der Waals surface area (Å²) in [4.78, 5) is 14.3. The van der Waals surface area contributed by atoms with Gasteiger partial charge in [0.05, 0.1) is 18.3 Å². The maximum absolute atomic E-state index is 10.4. The zero-order chi connectivity index (χ0) is 8.97. The molecule has 1 rings (SSSR count). The third-order valence-corrected chi connectivity index (χ3v) is 1.34. The van der Waals surface area contributed by atoms with E-state index in [4.69, 9.17) is 4.74 Å². The maximum Gasteiger partial charge on any atom is 1.00 e. The molecule has 0 unspecified atom stereocenters. The van der Waals surface area contributed by atoms with E-state index in [1.165, 1.54) is 25.4 Å². The van der Waals surface area contributed by atoms with Gasteiger partial charge < -0.3 is 14.6 Å². The first kappa shape index (κ1) is 12.2. The molecule has 0 saturated carbocycles. The summed E-state index contributed by atoms with van der Waals surface area (Å²) in [5.74, 6) is -1.20. The van der Waals surface area contributed by atoms with E-state index in [2.05, 4.69) is 4.98 Å². The Hall–Kier alpha value is -0.823. The Morgan fingerprint density at radius 2 is 2.38 bits per heavy atom. The summed E-state index contributed by atoms with van der Waals surface area (Å²) < 4.78 is 4.79. The molecule has 0 atom stereocenters. The zero-order valence-corrected chi connectivity index (χ0v) is 7.61. The number of nitrogens with zero attached hydrogens (tertiary/aromatic N) is 1. The van der Waals surface area contributed by atoms with Crippen LogP contribution in [0.15, 0.2) is 18.3 Å². The molecule has 1 heterocycles. The molecule has 0 bridgehead atoms. The van der Waals surface area contributed by atoms with Crippen molar-refractivity contribution in [1.29, 1.82) is 0 Å². The summed E-state index contributed by atoms with van der Waals surface area (Å²) in [6.45, 7) is 0.307. The summed E-state index contributed by atoms with van der Waals surface area (Å²) in [6.07, 6.45) is 1.42. The number of aromatic nitrogens is 1. The van der Waals surface area contributed by atoms with Crippen molar-refractivity contribution in [2.24, 2.45) is 0 Å². The van der Waals surface area contributed by atoms with Crippen LogP contribution >= 0.6 is 0 Å². The number of pyridine rings is 1. The number of carboxylic acids is 1. The molecule has 0 radical (unpaired) electrons. The van der Waals surface area contributed by atoms with Crippen LogP contribution in [0.4, 0.5) is 0 Å². The van der Waals surface area contributed by atoms with E-state index >= 15 is 0 Å². The molecular weight excluding hydrogens is 165 g/mol. The zero-order valence-electron chi connectivity index (χ0n) is 7.61. The second-order valence-corrected chi connectivity index (χ2v) is 2.26. The number of ether oxygens (including phenoxy) is 1. The van der Waals surface area contributed by atoms with E-state index in [0.29, 0.717) is 12.3 Å². The third-order valence-electron chi connectivity index (χ3n) is 1.34. The quantitative estimate of drug-likeness (QED) is 0.447. The van der Waals surface area contributed by atoms with Crippen molar-refractivity contribution in [3.63, 3.8) is 0 Å².